The molecule has 0 aromatic heterocycles. The van der Waals surface area contributed by atoms with Crippen molar-refractivity contribution in [2.45, 2.75) is 37.0 Å². The number of nitrogens with zero attached hydrogens (tertiary/aromatic N) is 1. The average molecular weight is 258 g/mol. The summed E-state index contributed by atoms with van der Waals surface area (Å²) in [5.41, 5.74) is 0. The number of hydrogen-bond acceptors (Lipinski definition) is 3. The number of carbonyl (C=O) groups excluding carboxylic acids is 1. The maximum Gasteiger partial charge on any atom is 0.317 e. The number of urea groups is 1. The van der Waals surface area contributed by atoms with Crippen molar-refractivity contribution in [2.75, 3.05) is 32.6 Å². The first-order valence-corrected chi connectivity index (χ1v) is 7.74. The van der Waals surface area contributed by atoms with Crippen LogP contribution in [0.3, 0.4) is 0 Å². The lowest BCUT2D eigenvalue weighted by molar-refractivity contribution is 0.178. The van der Waals surface area contributed by atoms with E-state index in [4.69, 9.17) is 4.74 Å². The van der Waals surface area contributed by atoms with Gasteiger partial charge in [0.15, 0.2) is 0 Å². The molecule has 0 spiro atoms. The molecule has 0 aromatic rings. The number of hydrogen-bond donors (Lipinski definition) is 1. The van der Waals surface area contributed by atoms with Crippen LogP contribution in [0.2, 0.25) is 0 Å². The molecule has 5 heteroatoms. The van der Waals surface area contributed by atoms with Crippen LogP contribution < -0.4 is 5.32 Å². The zero-order valence-corrected chi connectivity index (χ0v) is 11.3. The summed E-state index contributed by atoms with van der Waals surface area (Å²) >= 11 is 1.93. The minimum atomic E-state index is 0.0993. The van der Waals surface area contributed by atoms with E-state index in [0.29, 0.717) is 6.61 Å². The Hall–Kier alpha value is -0.420. The van der Waals surface area contributed by atoms with Crippen LogP contribution in [0.1, 0.15) is 25.7 Å². The first kappa shape index (κ1) is 13.0. The van der Waals surface area contributed by atoms with Crippen LogP contribution in [0, 0.1) is 0 Å². The molecule has 98 valence electrons. The van der Waals surface area contributed by atoms with Crippen LogP contribution in [-0.2, 0) is 4.74 Å². The van der Waals surface area contributed by atoms with Gasteiger partial charge in [-0.2, -0.15) is 11.8 Å². The zero-order chi connectivity index (χ0) is 12.1. The Kier molecular flexibility index (Phi) is 4.98. The SMILES string of the molecule is CSC1CCCN(C(=O)NC2CCOC2)CC1. The molecule has 0 aliphatic carbocycles. The van der Waals surface area contributed by atoms with Crippen molar-refractivity contribution in [1.82, 2.24) is 10.2 Å². The molecule has 2 atom stereocenters. The lowest BCUT2D eigenvalue weighted by Gasteiger charge is -2.23. The fourth-order valence-corrected chi connectivity index (χ4v) is 3.16. The molecule has 17 heavy (non-hydrogen) atoms. The minimum absolute atomic E-state index is 0.0993. The highest BCUT2D eigenvalue weighted by molar-refractivity contribution is 7.99. The molecule has 4 nitrogen and oxygen atoms in total. The van der Waals surface area contributed by atoms with Crippen molar-refractivity contribution in [3.8, 4) is 0 Å². The summed E-state index contributed by atoms with van der Waals surface area (Å²) in [6.07, 6.45) is 6.59. The van der Waals surface area contributed by atoms with Crippen LogP contribution in [0.15, 0.2) is 0 Å². The number of carbonyl (C=O) groups is 1. The predicted molar refractivity (Wildman–Crippen MR) is 70.5 cm³/mol. The number of nitrogens with one attached hydrogen (secondary N) is 1. The summed E-state index contributed by atoms with van der Waals surface area (Å²) in [5.74, 6) is 0. The lowest BCUT2D eigenvalue weighted by Crippen LogP contribution is -2.45. The quantitative estimate of drug-likeness (QED) is 0.819. The average Bonchev–Trinajstić information content (AvgIpc) is 2.71. The number of thioether (sulfide) groups is 1. The number of amides is 2. The summed E-state index contributed by atoms with van der Waals surface area (Å²) in [7, 11) is 0. The zero-order valence-electron chi connectivity index (χ0n) is 10.5. The van der Waals surface area contributed by atoms with E-state index in [1.807, 2.05) is 16.7 Å². The van der Waals surface area contributed by atoms with Crippen LogP contribution in [0.4, 0.5) is 4.79 Å². The van der Waals surface area contributed by atoms with Gasteiger partial charge in [-0.25, -0.2) is 4.79 Å². The van der Waals surface area contributed by atoms with Gasteiger partial charge in [0.2, 0.25) is 0 Å². The normalized spacial score (nSPS) is 30.1. The van der Waals surface area contributed by atoms with Crippen molar-refractivity contribution in [2.24, 2.45) is 0 Å². The van der Waals surface area contributed by atoms with E-state index in [1.165, 1.54) is 6.42 Å². The highest BCUT2D eigenvalue weighted by atomic mass is 32.2. The molecular formula is C12H22N2O2S. The van der Waals surface area contributed by atoms with Gasteiger partial charge < -0.3 is 15.0 Å². The van der Waals surface area contributed by atoms with E-state index >= 15 is 0 Å². The molecule has 0 radical (unpaired) electrons. The molecule has 2 fully saturated rings. The van der Waals surface area contributed by atoms with Crippen LogP contribution in [0.5, 0.6) is 0 Å². The first-order valence-electron chi connectivity index (χ1n) is 6.45. The second-order valence-electron chi connectivity index (χ2n) is 4.79. The summed E-state index contributed by atoms with van der Waals surface area (Å²) < 4.78 is 5.27. The maximum absolute atomic E-state index is 12.1. The smallest absolute Gasteiger partial charge is 0.317 e. The number of ether oxygens (including phenoxy) is 1. The fraction of sp³-hybridized carbons (Fsp3) is 0.917. The summed E-state index contributed by atoms with van der Waals surface area (Å²) in [6, 6.07) is 0.323. The molecule has 0 aromatic carbocycles. The number of likely N-dealkylation sites (tertiary alicyclic amines) is 1. The van der Waals surface area contributed by atoms with Gasteiger partial charge in [0.05, 0.1) is 12.6 Å². The third kappa shape index (κ3) is 3.78. The third-order valence-corrected chi connectivity index (χ3v) is 4.69. The summed E-state index contributed by atoms with van der Waals surface area (Å²) in [4.78, 5) is 14.0. The van der Waals surface area contributed by atoms with Gasteiger partial charge in [0, 0.05) is 24.9 Å². The van der Waals surface area contributed by atoms with Crippen LogP contribution in [-0.4, -0.2) is 54.8 Å². The second-order valence-corrected chi connectivity index (χ2v) is 5.92. The molecule has 2 aliphatic heterocycles. The molecular weight excluding hydrogens is 236 g/mol. The Morgan fingerprint density at radius 3 is 2.94 bits per heavy atom. The molecule has 2 amide bonds. The van der Waals surface area contributed by atoms with E-state index in [0.717, 1.165) is 44.2 Å². The highest BCUT2D eigenvalue weighted by Crippen LogP contribution is 2.21. The molecule has 0 bridgehead atoms. The van der Waals surface area contributed by atoms with Gasteiger partial charge in [0.25, 0.3) is 0 Å². The Morgan fingerprint density at radius 2 is 2.24 bits per heavy atom. The summed E-state index contributed by atoms with van der Waals surface area (Å²) in [6.45, 7) is 3.24. The Bertz CT molecular complexity index is 257. The van der Waals surface area contributed by atoms with Crippen molar-refractivity contribution in [3.63, 3.8) is 0 Å². The lowest BCUT2D eigenvalue weighted by atomic mass is 10.2. The summed E-state index contributed by atoms with van der Waals surface area (Å²) in [5, 5.41) is 3.79. The number of rotatable bonds is 2. The maximum atomic E-state index is 12.1. The molecule has 2 unspecified atom stereocenters. The van der Waals surface area contributed by atoms with Gasteiger partial charge in [-0.15, -0.1) is 0 Å². The molecule has 2 heterocycles. The van der Waals surface area contributed by atoms with Crippen molar-refractivity contribution < 1.29 is 9.53 Å². The standard InChI is InChI=1S/C12H22N2O2S/c1-17-11-3-2-6-14(7-4-11)12(15)13-10-5-8-16-9-10/h10-11H,2-9H2,1H3,(H,13,15). The topological polar surface area (TPSA) is 41.6 Å². The van der Waals surface area contributed by atoms with Crippen molar-refractivity contribution in [1.29, 1.82) is 0 Å². The van der Waals surface area contributed by atoms with Gasteiger partial charge in [0.1, 0.15) is 0 Å². The van der Waals surface area contributed by atoms with Gasteiger partial charge >= 0.3 is 6.03 Å². The third-order valence-electron chi connectivity index (χ3n) is 3.55. The van der Waals surface area contributed by atoms with E-state index in [-0.39, 0.29) is 12.1 Å². The molecule has 0 saturated carbocycles. The monoisotopic (exact) mass is 258 g/mol. The Morgan fingerprint density at radius 1 is 1.35 bits per heavy atom. The fourth-order valence-electron chi connectivity index (χ4n) is 2.42. The predicted octanol–water partition coefficient (Wildman–Crippen LogP) is 1.70. The molecule has 1 N–H and O–H groups in total. The van der Waals surface area contributed by atoms with Gasteiger partial charge in [-0.1, -0.05) is 0 Å². The second kappa shape index (κ2) is 6.50. The van der Waals surface area contributed by atoms with Gasteiger partial charge in [-0.05, 0) is 31.9 Å². The molecule has 2 rings (SSSR count). The van der Waals surface area contributed by atoms with E-state index in [9.17, 15) is 4.79 Å². The first-order chi connectivity index (χ1) is 8.29. The van der Waals surface area contributed by atoms with Crippen LogP contribution >= 0.6 is 11.8 Å². The van der Waals surface area contributed by atoms with Crippen molar-refractivity contribution >= 4 is 17.8 Å². The largest absolute Gasteiger partial charge is 0.379 e. The van der Waals surface area contributed by atoms with Crippen LogP contribution in [0.25, 0.3) is 0 Å². The molecule has 2 saturated heterocycles. The highest BCUT2D eigenvalue weighted by Gasteiger charge is 2.23. The van der Waals surface area contributed by atoms with E-state index in [2.05, 4.69) is 11.6 Å². The Balaban J connectivity index is 1.78. The van der Waals surface area contributed by atoms with Gasteiger partial charge in [-0.3, -0.25) is 0 Å². The minimum Gasteiger partial charge on any atom is -0.379 e. The Labute approximate surface area is 107 Å². The van der Waals surface area contributed by atoms with Crippen molar-refractivity contribution in [3.05, 3.63) is 0 Å². The van der Waals surface area contributed by atoms with E-state index < -0.39 is 0 Å². The molecule has 2 aliphatic rings. The van der Waals surface area contributed by atoms with E-state index in [1.54, 1.807) is 0 Å².